The summed E-state index contributed by atoms with van der Waals surface area (Å²) in [4.78, 5) is 0. The third kappa shape index (κ3) is 0.985. The first kappa shape index (κ1) is 7.39. The molecule has 3 rings (SSSR count). The molecule has 0 amide bonds. The molecule has 1 aliphatic carbocycles. The second-order valence-electron chi connectivity index (χ2n) is 4.04. The molecule has 2 N–H and O–H groups in total. The van der Waals surface area contributed by atoms with Gasteiger partial charge in [0.15, 0.2) is 0 Å². The highest BCUT2D eigenvalue weighted by atomic mass is 16.3. The van der Waals surface area contributed by atoms with Crippen LogP contribution in [0.2, 0.25) is 0 Å². The van der Waals surface area contributed by atoms with Gasteiger partial charge in [-0.3, -0.25) is 0 Å². The van der Waals surface area contributed by atoms with Crippen LogP contribution in [0, 0.1) is 0 Å². The number of phenols is 1. The molecule has 1 aromatic carbocycles. The van der Waals surface area contributed by atoms with E-state index in [0.717, 1.165) is 13.0 Å². The van der Waals surface area contributed by atoms with Crippen molar-refractivity contribution >= 4 is 0 Å². The van der Waals surface area contributed by atoms with Crippen LogP contribution in [-0.4, -0.2) is 17.7 Å². The van der Waals surface area contributed by atoms with Crippen molar-refractivity contribution in [2.75, 3.05) is 6.54 Å². The van der Waals surface area contributed by atoms with E-state index < -0.39 is 0 Å². The lowest BCUT2D eigenvalue weighted by Gasteiger charge is -2.08. The summed E-state index contributed by atoms with van der Waals surface area (Å²) in [7, 11) is 0. The van der Waals surface area contributed by atoms with Crippen molar-refractivity contribution in [1.82, 2.24) is 5.32 Å². The zero-order valence-corrected chi connectivity index (χ0v) is 7.46. The summed E-state index contributed by atoms with van der Waals surface area (Å²) in [5, 5.41) is 12.9. The monoisotopic (exact) mass is 175 g/mol. The van der Waals surface area contributed by atoms with Crippen LogP contribution in [0.4, 0.5) is 0 Å². The molecule has 2 atom stereocenters. The van der Waals surface area contributed by atoms with Gasteiger partial charge in [-0.05, 0) is 42.6 Å². The number of benzene rings is 1. The maximum Gasteiger partial charge on any atom is 0.115 e. The highest BCUT2D eigenvalue weighted by Crippen LogP contribution is 2.39. The normalized spacial score (nSPS) is 30.2. The van der Waals surface area contributed by atoms with Crippen LogP contribution in [-0.2, 0) is 6.42 Å². The molecule has 68 valence electrons. The predicted octanol–water partition coefficient (Wildman–Crippen LogP) is 1.39. The number of nitrogens with one attached hydrogen (secondary N) is 1. The first-order valence-electron chi connectivity index (χ1n) is 4.90. The predicted molar refractivity (Wildman–Crippen MR) is 51.0 cm³/mol. The third-order valence-corrected chi connectivity index (χ3v) is 3.32. The Morgan fingerprint density at radius 3 is 3.23 bits per heavy atom. The average Bonchev–Trinajstić information content (AvgIpc) is 2.64. The van der Waals surface area contributed by atoms with Gasteiger partial charge >= 0.3 is 0 Å². The van der Waals surface area contributed by atoms with Gasteiger partial charge in [0, 0.05) is 12.0 Å². The Hall–Kier alpha value is -1.02. The number of fused-ring (bicyclic) bond motifs is 3. The molecule has 2 nitrogen and oxygen atoms in total. The van der Waals surface area contributed by atoms with Crippen molar-refractivity contribution in [2.45, 2.75) is 24.8 Å². The van der Waals surface area contributed by atoms with Crippen LogP contribution in [0.5, 0.6) is 5.75 Å². The molecule has 1 heterocycles. The average molecular weight is 175 g/mol. The van der Waals surface area contributed by atoms with Gasteiger partial charge in [-0.1, -0.05) is 6.07 Å². The minimum absolute atomic E-state index is 0.409. The van der Waals surface area contributed by atoms with Crippen LogP contribution >= 0.6 is 0 Å². The Balaban J connectivity index is 2.09. The Labute approximate surface area is 77.6 Å². The fourth-order valence-corrected chi connectivity index (χ4v) is 2.70. The van der Waals surface area contributed by atoms with Crippen molar-refractivity contribution in [2.24, 2.45) is 0 Å². The van der Waals surface area contributed by atoms with Gasteiger partial charge in [0.05, 0.1) is 0 Å². The molecule has 1 fully saturated rings. The molecular weight excluding hydrogens is 162 g/mol. The zero-order chi connectivity index (χ0) is 8.84. The standard InChI is InChI=1S/C11H13NO/c13-8-2-1-7-5-11-9(3-4-12-11)10(7)6-8/h1-2,6,9,11-13H,3-5H2. The van der Waals surface area contributed by atoms with E-state index >= 15 is 0 Å². The molecule has 1 aromatic rings. The van der Waals surface area contributed by atoms with Crippen molar-refractivity contribution in [3.05, 3.63) is 29.3 Å². The maximum absolute atomic E-state index is 9.40. The van der Waals surface area contributed by atoms with E-state index in [4.69, 9.17) is 0 Å². The first-order chi connectivity index (χ1) is 6.34. The van der Waals surface area contributed by atoms with E-state index in [1.165, 1.54) is 17.5 Å². The van der Waals surface area contributed by atoms with Crippen LogP contribution < -0.4 is 5.32 Å². The Kier molecular flexibility index (Phi) is 1.41. The van der Waals surface area contributed by atoms with E-state index in [2.05, 4.69) is 11.4 Å². The van der Waals surface area contributed by atoms with Crippen molar-refractivity contribution in [3.63, 3.8) is 0 Å². The van der Waals surface area contributed by atoms with Gasteiger partial charge < -0.3 is 10.4 Å². The highest BCUT2D eigenvalue weighted by molar-refractivity contribution is 5.43. The molecule has 2 aliphatic rings. The minimum Gasteiger partial charge on any atom is -0.508 e. The third-order valence-electron chi connectivity index (χ3n) is 3.32. The van der Waals surface area contributed by atoms with E-state index in [1.54, 1.807) is 6.07 Å². The molecule has 0 bridgehead atoms. The molecule has 0 spiro atoms. The summed E-state index contributed by atoms with van der Waals surface area (Å²) in [6.07, 6.45) is 2.36. The van der Waals surface area contributed by atoms with Crippen LogP contribution in [0.25, 0.3) is 0 Å². The molecule has 1 saturated heterocycles. The van der Waals surface area contributed by atoms with Crippen LogP contribution in [0.1, 0.15) is 23.5 Å². The lowest BCUT2D eigenvalue weighted by Crippen LogP contribution is -2.23. The summed E-state index contributed by atoms with van der Waals surface area (Å²) in [6, 6.07) is 6.43. The lowest BCUT2D eigenvalue weighted by atomic mass is 9.98. The smallest absolute Gasteiger partial charge is 0.115 e. The van der Waals surface area contributed by atoms with E-state index in [-0.39, 0.29) is 0 Å². The summed E-state index contributed by atoms with van der Waals surface area (Å²) in [5.74, 6) is 1.06. The SMILES string of the molecule is Oc1ccc2c(c1)C1CCNC1C2. The van der Waals surface area contributed by atoms with Crippen molar-refractivity contribution < 1.29 is 5.11 Å². The number of phenolic OH excluding ortho intramolecular Hbond substituents is 1. The zero-order valence-electron chi connectivity index (χ0n) is 7.46. The first-order valence-corrected chi connectivity index (χ1v) is 4.90. The molecule has 2 heteroatoms. The fourth-order valence-electron chi connectivity index (χ4n) is 2.70. The van der Waals surface area contributed by atoms with E-state index in [0.29, 0.717) is 17.7 Å². The fraction of sp³-hybridized carbons (Fsp3) is 0.455. The molecule has 0 aromatic heterocycles. The van der Waals surface area contributed by atoms with E-state index in [9.17, 15) is 5.11 Å². The highest BCUT2D eigenvalue weighted by Gasteiger charge is 2.35. The number of hydrogen-bond donors (Lipinski definition) is 2. The molecule has 13 heavy (non-hydrogen) atoms. The van der Waals surface area contributed by atoms with Gasteiger partial charge in [0.25, 0.3) is 0 Å². The van der Waals surface area contributed by atoms with Gasteiger partial charge in [-0.2, -0.15) is 0 Å². The second-order valence-corrected chi connectivity index (χ2v) is 4.04. The van der Waals surface area contributed by atoms with Gasteiger partial charge in [-0.25, -0.2) is 0 Å². The summed E-state index contributed by atoms with van der Waals surface area (Å²) in [6.45, 7) is 1.13. The van der Waals surface area contributed by atoms with Gasteiger partial charge in [-0.15, -0.1) is 0 Å². The second kappa shape index (κ2) is 2.48. The van der Waals surface area contributed by atoms with Crippen molar-refractivity contribution in [1.29, 1.82) is 0 Å². The van der Waals surface area contributed by atoms with Crippen molar-refractivity contribution in [3.8, 4) is 5.75 Å². The molecule has 1 aliphatic heterocycles. The molecule has 2 unspecified atom stereocenters. The Morgan fingerprint density at radius 1 is 1.38 bits per heavy atom. The molecule has 0 saturated carbocycles. The summed E-state index contributed by atoms with van der Waals surface area (Å²) < 4.78 is 0. The van der Waals surface area contributed by atoms with E-state index in [1.807, 2.05) is 6.07 Å². The number of hydrogen-bond acceptors (Lipinski definition) is 2. The lowest BCUT2D eigenvalue weighted by molar-refractivity contribution is 0.474. The van der Waals surface area contributed by atoms with Gasteiger partial charge in [0.2, 0.25) is 0 Å². The maximum atomic E-state index is 9.40. The Bertz CT molecular complexity index is 348. The number of rotatable bonds is 0. The van der Waals surface area contributed by atoms with Crippen LogP contribution in [0.15, 0.2) is 18.2 Å². The van der Waals surface area contributed by atoms with Crippen LogP contribution in [0.3, 0.4) is 0 Å². The topological polar surface area (TPSA) is 32.3 Å². The minimum atomic E-state index is 0.409. The molecular formula is C11H13NO. The molecule has 0 radical (unpaired) electrons. The summed E-state index contributed by atoms with van der Waals surface area (Å²) in [5.41, 5.74) is 2.79. The quantitative estimate of drug-likeness (QED) is 0.624. The Morgan fingerprint density at radius 2 is 2.31 bits per heavy atom. The van der Waals surface area contributed by atoms with Gasteiger partial charge in [0.1, 0.15) is 5.75 Å². The summed E-state index contributed by atoms with van der Waals surface area (Å²) >= 11 is 0. The number of aromatic hydroxyl groups is 1. The largest absolute Gasteiger partial charge is 0.508 e.